The van der Waals surface area contributed by atoms with E-state index in [9.17, 15) is 9.18 Å². The monoisotopic (exact) mass is 524 g/mol. The van der Waals surface area contributed by atoms with E-state index < -0.39 is 11.2 Å². The number of aryl methyl sites for hydroxylation is 1. The minimum Gasteiger partial charge on any atom is -0.498 e. The molecule has 3 aromatic rings. The molecular weight excluding hydrogens is 495 g/mol. The molecule has 1 amide bonds. The van der Waals surface area contributed by atoms with Gasteiger partial charge in [0.15, 0.2) is 17.3 Å². The number of carbonyl (C=O) groups is 1. The van der Waals surface area contributed by atoms with Crippen LogP contribution in [0.2, 0.25) is 0 Å². The van der Waals surface area contributed by atoms with E-state index in [4.69, 9.17) is 22.1 Å². The number of anilines is 2. The first-order valence-electron chi connectivity index (χ1n) is 12.4. The number of benzene rings is 1. The highest BCUT2D eigenvalue weighted by Gasteiger charge is 2.27. The molecule has 0 saturated carbocycles. The zero-order valence-corrected chi connectivity index (χ0v) is 21.6. The molecular formula is C27H30ClFN6O2. The number of halogens is 2. The van der Waals surface area contributed by atoms with Gasteiger partial charge in [0, 0.05) is 43.2 Å². The summed E-state index contributed by atoms with van der Waals surface area (Å²) in [5.41, 5.74) is 10.0. The molecule has 0 radical (unpaired) electrons. The number of hydrogen-bond acceptors (Lipinski definition) is 6. The van der Waals surface area contributed by atoms with Crippen molar-refractivity contribution in [3.63, 3.8) is 0 Å². The van der Waals surface area contributed by atoms with Crippen LogP contribution in [0.25, 0.3) is 11.2 Å². The van der Waals surface area contributed by atoms with Crippen LogP contribution in [0.15, 0.2) is 54.5 Å². The highest BCUT2D eigenvalue weighted by Crippen LogP contribution is 2.36. The molecule has 8 nitrogen and oxygen atoms in total. The number of hydrogen-bond donors (Lipinski definition) is 2. The summed E-state index contributed by atoms with van der Waals surface area (Å²) >= 11 is 6.55. The van der Waals surface area contributed by atoms with Crippen molar-refractivity contribution >= 4 is 40.2 Å². The van der Waals surface area contributed by atoms with Crippen LogP contribution in [-0.2, 0) is 4.74 Å². The molecule has 2 aliphatic rings. The van der Waals surface area contributed by atoms with Crippen molar-refractivity contribution < 1.29 is 13.9 Å². The number of nitrogens with one attached hydrogen (secondary N) is 1. The molecule has 194 valence electrons. The van der Waals surface area contributed by atoms with Crippen LogP contribution in [0.1, 0.15) is 40.9 Å². The third-order valence-electron chi connectivity index (χ3n) is 7.18. The first-order chi connectivity index (χ1) is 17.9. The van der Waals surface area contributed by atoms with E-state index in [0.29, 0.717) is 40.8 Å². The maximum Gasteiger partial charge on any atom is 0.254 e. The van der Waals surface area contributed by atoms with E-state index in [2.05, 4.69) is 15.3 Å². The van der Waals surface area contributed by atoms with Crippen molar-refractivity contribution in [3.05, 3.63) is 71.3 Å². The number of alkyl halides is 1. The second-order valence-corrected chi connectivity index (χ2v) is 10.0. The molecule has 0 spiro atoms. The number of nitrogens with zero attached hydrogens (tertiary/aromatic N) is 4. The van der Waals surface area contributed by atoms with Gasteiger partial charge in [0.05, 0.1) is 24.4 Å². The first-order valence-corrected chi connectivity index (χ1v) is 12.8. The molecule has 3 heterocycles. The maximum absolute atomic E-state index is 14.4. The Kier molecular flexibility index (Phi) is 7.17. The molecule has 1 saturated heterocycles. The minimum atomic E-state index is -0.451. The van der Waals surface area contributed by atoms with Crippen LogP contribution in [-0.4, -0.2) is 57.3 Å². The van der Waals surface area contributed by atoms with Crippen LogP contribution >= 0.6 is 11.6 Å². The number of allylic oxidation sites excluding steroid dienone is 4. The van der Waals surface area contributed by atoms with Gasteiger partial charge in [-0.2, -0.15) is 0 Å². The minimum absolute atomic E-state index is 0.0481. The number of carbonyl (C=O) groups excluding carboxylic acids is 1. The molecule has 1 aliphatic heterocycles. The lowest BCUT2D eigenvalue weighted by Gasteiger charge is -2.31. The van der Waals surface area contributed by atoms with E-state index in [1.165, 1.54) is 13.2 Å². The lowest BCUT2D eigenvalue weighted by molar-refractivity contribution is 0.0692. The van der Waals surface area contributed by atoms with E-state index >= 15 is 0 Å². The topological polar surface area (TPSA) is 97.8 Å². The fourth-order valence-corrected chi connectivity index (χ4v) is 5.29. The Labute approximate surface area is 220 Å². The number of methoxy groups -OCH3 is 1. The summed E-state index contributed by atoms with van der Waals surface area (Å²) in [6, 6.07) is 5.65. The van der Waals surface area contributed by atoms with Crippen molar-refractivity contribution in [3.8, 4) is 0 Å². The number of fused-ring (bicyclic) bond motifs is 1. The summed E-state index contributed by atoms with van der Waals surface area (Å²) in [5.74, 6) is 0.877. The molecule has 1 aromatic carbocycles. The summed E-state index contributed by atoms with van der Waals surface area (Å²) in [4.78, 5) is 24.0. The maximum atomic E-state index is 14.4. The van der Waals surface area contributed by atoms with Gasteiger partial charge in [-0.25, -0.2) is 14.4 Å². The Bertz CT molecular complexity index is 1390. The Morgan fingerprint density at radius 3 is 2.78 bits per heavy atom. The lowest BCUT2D eigenvalue weighted by Crippen LogP contribution is -2.40. The highest BCUT2D eigenvalue weighted by atomic mass is 35.5. The van der Waals surface area contributed by atoms with Gasteiger partial charge in [-0.1, -0.05) is 0 Å². The summed E-state index contributed by atoms with van der Waals surface area (Å²) in [6.45, 7) is 4.08. The van der Waals surface area contributed by atoms with E-state index in [0.717, 1.165) is 37.2 Å². The van der Waals surface area contributed by atoms with Crippen molar-refractivity contribution in [2.24, 2.45) is 11.7 Å². The molecule has 1 unspecified atom stereocenters. The average Bonchev–Trinajstić information content (AvgIpc) is 3.34. The molecule has 0 bridgehead atoms. The normalized spacial score (nSPS) is 18.8. The Hall–Kier alpha value is -3.43. The van der Waals surface area contributed by atoms with E-state index in [-0.39, 0.29) is 18.1 Å². The number of imidazole rings is 1. The predicted octanol–water partition coefficient (Wildman–Crippen LogP) is 4.81. The van der Waals surface area contributed by atoms with Gasteiger partial charge in [0.25, 0.3) is 5.91 Å². The molecule has 1 atom stereocenters. The van der Waals surface area contributed by atoms with Crippen LogP contribution in [0.5, 0.6) is 0 Å². The molecule has 37 heavy (non-hydrogen) atoms. The molecule has 5 rings (SSSR count). The first kappa shape index (κ1) is 25.2. The van der Waals surface area contributed by atoms with E-state index in [1.54, 1.807) is 18.6 Å². The third kappa shape index (κ3) is 4.93. The number of rotatable bonds is 6. The molecule has 10 heteroatoms. The van der Waals surface area contributed by atoms with Gasteiger partial charge in [-0.3, -0.25) is 9.20 Å². The lowest BCUT2D eigenvalue weighted by atomic mass is 9.96. The fourth-order valence-electron chi connectivity index (χ4n) is 4.97. The van der Waals surface area contributed by atoms with Gasteiger partial charge >= 0.3 is 0 Å². The predicted molar refractivity (Wildman–Crippen MR) is 143 cm³/mol. The second kappa shape index (κ2) is 10.5. The van der Waals surface area contributed by atoms with Gasteiger partial charge in [-0.05, 0) is 67.6 Å². The number of amides is 1. The second-order valence-electron chi connectivity index (χ2n) is 9.49. The van der Waals surface area contributed by atoms with E-state index in [1.807, 2.05) is 34.4 Å². The third-order valence-corrected chi connectivity index (χ3v) is 7.56. The van der Waals surface area contributed by atoms with Crippen molar-refractivity contribution in [2.45, 2.75) is 31.6 Å². The molecule has 2 aromatic heterocycles. The standard InChI is InChI=1S/C27H30ClFN6O2/c1-16-11-18(3-4-19(16)27(36)34-8-5-17(14-30)6-9-34)33-25-26-32-15-23(35(26)10-7-31-25)20-12-22(29)24(37-2)13-21(20)28/h3-4,7,10-12,15,17,21H,5-6,8-9,13-14,30H2,1-2H3,(H,31,33). The largest absolute Gasteiger partial charge is 0.498 e. The van der Waals surface area contributed by atoms with Crippen LogP contribution in [0, 0.1) is 12.8 Å². The molecule has 1 aliphatic carbocycles. The average molecular weight is 525 g/mol. The fraction of sp³-hybridized carbons (Fsp3) is 0.370. The van der Waals surface area contributed by atoms with Crippen LogP contribution in [0.4, 0.5) is 15.9 Å². The van der Waals surface area contributed by atoms with Crippen molar-refractivity contribution in [1.82, 2.24) is 19.3 Å². The van der Waals surface area contributed by atoms with Gasteiger partial charge in [0.2, 0.25) is 0 Å². The number of piperidine rings is 1. The number of nitrogens with two attached hydrogens (primary N) is 1. The molecule has 3 N–H and O–H groups in total. The Balaban J connectivity index is 1.38. The number of aromatic nitrogens is 3. The summed E-state index contributed by atoms with van der Waals surface area (Å²) in [5, 5.41) is 2.86. The van der Waals surface area contributed by atoms with Gasteiger partial charge in [0.1, 0.15) is 5.76 Å². The van der Waals surface area contributed by atoms with Crippen molar-refractivity contribution in [1.29, 1.82) is 0 Å². The SMILES string of the molecule is COC1=C(F)C=C(c2cnc3c(Nc4ccc(C(=O)N5CCC(CN)CC5)c(C)c4)nccn23)C(Cl)C1. The highest BCUT2D eigenvalue weighted by molar-refractivity contribution is 6.26. The number of likely N-dealkylation sites (tertiary alicyclic amines) is 1. The summed E-state index contributed by atoms with van der Waals surface area (Å²) in [7, 11) is 1.43. The zero-order valence-electron chi connectivity index (χ0n) is 20.9. The zero-order chi connectivity index (χ0) is 26.1. The number of ether oxygens (including phenoxy) is 1. The summed E-state index contributed by atoms with van der Waals surface area (Å²) in [6.07, 6.45) is 8.62. The van der Waals surface area contributed by atoms with Gasteiger partial charge < -0.3 is 20.7 Å². The van der Waals surface area contributed by atoms with Crippen LogP contribution in [0.3, 0.4) is 0 Å². The van der Waals surface area contributed by atoms with Crippen molar-refractivity contribution in [2.75, 3.05) is 32.1 Å². The molecule has 1 fully saturated rings. The smallest absolute Gasteiger partial charge is 0.254 e. The van der Waals surface area contributed by atoms with Gasteiger partial charge in [-0.15, -0.1) is 11.6 Å². The summed E-state index contributed by atoms with van der Waals surface area (Å²) < 4.78 is 21.4. The quantitative estimate of drug-likeness (QED) is 0.449. The Morgan fingerprint density at radius 2 is 2.08 bits per heavy atom. The van der Waals surface area contributed by atoms with Crippen LogP contribution < -0.4 is 11.1 Å². The Morgan fingerprint density at radius 1 is 1.30 bits per heavy atom.